The second-order valence-corrected chi connectivity index (χ2v) is 15.6. The van der Waals surface area contributed by atoms with Crippen LogP contribution < -0.4 is 0 Å². The van der Waals surface area contributed by atoms with Crippen LogP contribution in [0.1, 0.15) is 0 Å². The molecule has 3 heteroatoms. The van der Waals surface area contributed by atoms with E-state index in [0.717, 1.165) is 44.8 Å². The highest BCUT2D eigenvalue weighted by Crippen LogP contribution is 2.41. The molecule has 0 saturated heterocycles. The molecule has 0 spiro atoms. The molecule has 0 bridgehead atoms. The van der Waals surface area contributed by atoms with Crippen molar-refractivity contribution in [2.24, 2.45) is 0 Å². The Morgan fingerprint density at radius 3 is 1.67 bits per heavy atom. The summed E-state index contributed by atoms with van der Waals surface area (Å²) in [5, 5.41) is 12.7. The number of fused-ring (bicyclic) bond motifs is 3. The van der Waals surface area contributed by atoms with Crippen LogP contribution in [0.4, 0.5) is 0 Å². The Hall–Kier alpha value is -8.01. The topological polar surface area (TPSA) is 38.7 Å². The van der Waals surface area contributed by atoms with Crippen LogP contribution in [-0.4, -0.2) is 15.0 Å². The SMILES string of the molecule is c1cncc(-c2ccccc2-c2cc(-c3ccc(-c4cc5ccccc5c5ccccc45)cc3)nc(-c3ccc(-c4ccc5ccc6cccc7ccc4c5c67)cc3)n2)c1. The van der Waals surface area contributed by atoms with Gasteiger partial charge in [0, 0.05) is 34.6 Å². The first-order chi connectivity index (χ1) is 29.7. The number of hydrogen-bond acceptors (Lipinski definition) is 3. The number of benzene rings is 10. The lowest BCUT2D eigenvalue weighted by molar-refractivity contribution is 1.18. The van der Waals surface area contributed by atoms with Gasteiger partial charge in [-0.1, -0.05) is 182 Å². The summed E-state index contributed by atoms with van der Waals surface area (Å²) in [6, 6.07) is 71.9. The minimum atomic E-state index is 0.676. The summed E-state index contributed by atoms with van der Waals surface area (Å²) in [6.07, 6.45) is 3.72. The predicted octanol–water partition coefficient (Wildman–Crippen LogP) is 15.1. The lowest BCUT2D eigenvalue weighted by Crippen LogP contribution is -1.97. The van der Waals surface area contributed by atoms with E-state index in [1.54, 1.807) is 0 Å². The van der Waals surface area contributed by atoms with Crippen molar-refractivity contribution < 1.29 is 0 Å². The van der Waals surface area contributed by atoms with E-state index in [0.29, 0.717) is 5.82 Å². The fourth-order valence-electron chi connectivity index (χ4n) is 9.24. The van der Waals surface area contributed by atoms with Gasteiger partial charge >= 0.3 is 0 Å². The van der Waals surface area contributed by atoms with Gasteiger partial charge in [-0.25, -0.2) is 9.97 Å². The maximum atomic E-state index is 5.29. The molecule has 0 N–H and O–H groups in total. The van der Waals surface area contributed by atoms with Gasteiger partial charge in [0.25, 0.3) is 0 Å². The van der Waals surface area contributed by atoms with Crippen molar-refractivity contribution in [3.8, 4) is 67.3 Å². The second-order valence-electron chi connectivity index (χ2n) is 15.6. The van der Waals surface area contributed by atoms with Crippen molar-refractivity contribution in [3.05, 3.63) is 213 Å². The molecule has 0 aliphatic carbocycles. The van der Waals surface area contributed by atoms with Crippen molar-refractivity contribution >= 4 is 53.9 Å². The molecule has 0 fully saturated rings. The molecule has 278 valence electrons. The van der Waals surface area contributed by atoms with Crippen molar-refractivity contribution in [2.45, 2.75) is 0 Å². The minimum Gasteiger partial charge on any atom is -0.264 e. The number of hydrogen-bond donors (Lipinski definition) is 0. The van der Waals surface area contributed by atoms with Gasteiger partial charge < -0.3 is 0 Å². The third kappa shape index (κ3) is 5.63. The first-order valence-electron chi connectivity index (χ1n) is 20.4. The molecule has 2 aromatic heterocycles. The molecule has 12 rings (SSSR count). The summed E-state index contributed by atoms with van der Waals surface area (Å²) < 4.78 is 0. The number of nitrogens with zero attached hydrogens (tertiary/aromatic N) is 3. The van der Waals surface area contributed by atoms with Crippen LogP contribution in [0.15, 0.2) is 213 Å². The van der Waals surface area contributed by atoms with Gasteiger partial charge in [-0.3, -0.25) is 4.98 Å². The zero-order chi connectivity index (χ0) is 39.6. The van der Waals surface area contributed by atoms with Crippen LogP contribution in [0.3, 0.4) is 0 Å². The van der Waals surface area contributed by atoms with Crippen molar-refractivity contribution in [2.75, 3.05) is 0 Å². The maximum absolute atomic E-state index is 5.29. The van der Waals surface area contributed by atoms with Crippen LogP contribution >= 0.6 is 0 Å². The smallest absolute Gasteiger partial charge is 0.160 e. The van der Waals surface area contributed by atoms with Crippen LogP contribution in [-0.2, 0) is 0 Å². The molecule has 2 heterocycles. The molecule has 60 heavy (non-hydrogen) atoms. The monoisotopic (exact) mass is 761 g/mol. The Morgan fingerprint density at radius 1 is 0.283 bits per heavy atom. The summed E-state index contributed by atoms with van der Waals surface area (Å²) in [5.74, 6) is 0.676. The van der Waals surface area contributed by atoms with Crippen LogP contribution in [0.2, 0.25) is 0 Å². The van der Waals surface area contributed by atoms with E-state index in [9.17, 15) is 0 Å². The standard InChI is InChI=1S/C57H35N3/c1-2-13-45-43(9-1)33-52(49-16-5-4-15-48(45)49)37-18-22-38(23-19-37)53-34-54(50-17-6-3-14-46(50)44-12-8-32-58-35-44)60-57(59-53)42-26-20-36(21-27-42)47-30-28-41-25-24-39-10-7-11-40-29-31-51(47)56(41)55(39)40/h1-35H. The average Bonchev–Trinajstić information content (AvgIpc) is 3.33. The van der Waals surface area contributed by atoms with Gasteiger partial charge in [0.2, 0.25) is 0 Å². The lowest BCUT2D eigenvalue weighted by atomic mass is 9.90. The van der Waals surface area contributed by atoms with Crippen molar-refractivity contribution in [1.29, 1.82) is 0 Å². The van der Waals surface area contributed by atoms with Crippen molar-refractivity contribution in [1.82, 2.24) is 15.0 Å². The summed E-state index contributed by atoms with van der Waals surface area (Å²) in [5.41, 5.74) is 11.6. The molecule has 0 unspecified atom stereocenters. The molecule has 0 aliphatic heterocycles. The molecule has 3 nitrogen and oxygen atoms in total. The Morgan fingerprint density at radius 2 is 0.883 bits per heavy atom. The third-order valence-electron chi connectivity index (χ3n) is 12.1. The molecular formula is C57H35N3. The maximum Gasteiger partial charge on any atom is 0.160 e. The molecule has 0 saturated carbocycles. The fourth-order valence-corrected chi connectivity index (χ4v) is 9.24. The zero-order valence-corrected chi connectivity index (χ0v) is 32.5. The molecule has 0 amide bonds. The van der Waals surface area contributed by atoms with Gasteiger partial charge in [-0.2, -0.15) is 0 Å². The Kier molecular flexibility index (Phi) is 7.85. The average molecular weight is 762 g/mol. The van der Waals surface area contributed by atoms with E-state index in [2.05, 4.69) is 199 Å². The van der Waals surface area contributed by atoms with Gasteiger partial charge in [0.15, 0.2) is 5.82 Å². The summed E-state index contributed by atoms with van der Waals surface area (Å²) in [7, 11) is 0. The van der Waals surface area contributed by atoms with Crippen molar-refractivity contribution in [3.63, 3.8) is 0 Å². The van der Waals surface area contributed by atoms with E-state index >= 15 is 0 Å². The van der Waals surface area contributed by atoms with Crippen LogP contribution in [0, 0.1) is 0 Å². The second kappa shape index (κ2) is 13.8. The molecule has 0 atom stereocenters. The Bertz CT molecular complexity index is 3560. The molecule has 10 aromatic carbocycles. The first kappa shape index (κ1) is 34.1. The van der Waals surface area contributed by atoms with E-state index in [4.69, 9.17) is 9.97 Å². The summed E-state index contributed by atoms with van der Waals surface area (Å²) >= 11 is 0. The molecule has 0 radical (unpaired) electrons. The third-order valence-corrected chi connectivity index (χ3v) is 12.1. The van der Waals surface area contributed by atoms with Gasteiger partial charge in [0.05, 0.1) is 11.4 Å². The highest BCUT2D eigenvalue weighted by atomic mass is 14.9. The Labute approximate surface area is 347 Å². The predicted molar refractivity (Wildman–Crippen MR) is 251 cm³/mol. The zero-order valence-electron chi connectivity index (χ0n) is 32.5. The quantitative estimate of drug-likeness (QED) is 0.158. The largest absolute Gasteiger partial charge is 0.264 e. The van der Waals surface area contributed by atoms with Crippen LogP contribution in [0.25, 0.3) is 121 Å². The fraction of sp³-hybridized carbons (Fsp3) is 0. The highest BCUT2D eigenvalue weighted by Gasteiger charge is 2.17. The van der Waals surface area contributed by atoms with E-state index in [1.807, 2.05) is 18.5 Å². The summed E-state index contributed by atoms with van der Waals surface area (Å²) in [6.45, 7) is 0. The Balaban J connectivity index is 0.982. The number of aromatic nitrogens is 3. The lowest BCUT2D eigenvalue weighted by Gasteiger charge is -2.15. The number of pyridine rings is 1. The molecule has 12 aromatic rings. The van der Waals surface area contributed by atoms with Gasteiger partial charge in [0.1, 0.15) is 0 Å². The highest BCUT2D eigenvalue weighted by molar-refractivity contribution is 6.25. The van der Waals surface area contributed by atoms with Gasteiger partial charge in [-0.15, -0.1) is 0 Å². The van der Waals surface area contributed by atoms with E-state index in [-0.39, 0.29) is 0 Å². The molecule has 0 aliphatic rings. The van der Waals surface area contributed by atoms with E-state index in [1.165, 1.54) is 70.6 Å². The molecular weight excluding hydrogens is 727 g/mol. The minimum absolute atomic E-state index is 0.676. The van der Waals surface area contributed by atoms with Crippen LogP contribution in [0.5, 0.6) is 0 Å². The van der Waals surface area contributed by atoms with Gasteiger partial charge in [-0.05, 0) is 99.9 Å². The number of rotatable bonds is 6. The summed E-state index contributed by atoms with van der Waals surface area (Å²) in [4.78, 5) is 15.0. The first-order valence-corrected chi connectivity index (χ1v) is 20.4. The normalized spacial score (nSPS) is 11.7. The van der Waals surface area contributed by atoms with E-state index < -0.39 is 0 Å².